The number of aromatic amines is 1. The molecule has 0 aliphatic carbocycles. The van der Waals surface area contributed by atoms with Crippen molar-refractivity contribution >= 4 is 29.9 Å². The van der Waals surface area contributed by atoms with Gasteiger partial charge in [0.2, 0.25) is 0 Å². The Bertz CT molecular complexity index is 613. The zero-order chi connectivity index (χ0) is 15.8. The highest BCUT2D eigenvalue weighted by Crippen LogP contribution is 2.19. The first-order valence-electron chi connectivity index (χ1n) is 7.29. The van der Waals surface area contributed by atoms with Crippen molar-refractivity contribution in [3.8, 4) is 5.75 Å². The van der Waals surface area contributed by atoms with Crippen molar-refractivity contribution < 1.29 is 4.74 Å². The molecule has 1 heterocycles. The van der Waals surface area contributed by atoms with Gasteiger partial charge in [0.1, 0.15) is 5.75 Å². The van der Waals surface area contributed by atoms with Crippen LogP contribution < -0.4 is 15.4 Å². The predicted octanol–water partition coefficient (Wildman–Crippen LogP) is 2.25. The molecular weight excluding hydrogens is 405 g/mol. The van der Waals surface area contributed by atoms with E-state index >= 15 is 0 Å². The minimum atomic E-state index is 0. The van der Waals surface area contributed by atoms with E-state index in [2.05, 4.69) is 44.9 Å². The van der Waals surface area contributed by atoms with E-state index in [1.165, 1.54) is 11.1 Å². The second-order valence-electron chi connectivity index (χ2n) is 5.00. The molecule has 0 saturated heterocycles. The van der Waals surface area contributed by atoms with Crippen LogP contribution in [0.1, 0.15) is 16.8 Å². The van der Waals surface area contributed by atoms with Crippen LogP contribution in [0.2, 0.25) is 0 Å². The van der Waals surface area contributed by atoms with Gasteiger partial charge in [-0.05, 0) is 31.0 Å². The molecule has 0 spiro atoms. The summed E-state index contributed by atoms with van der Waals surface area (Å²) in [5.41, 5.74) is 3.44. The summed E-state index contributed by atoms with van der Waals surface area (Å²) in [6.45, 7) is 3.52. The molecule has 0 unspecified atom stereocenters. The summed E-state index contributed by atoms with van der Waals surface area (Å²) in [5.74, 6) is 1.69. The standard InChI is InChI=1S/C16H23N5O.HI/c1-12-4-5-15(22-3)13(10-12)6-8-18-16(17-2)19-11-14-7-9-20-21-14;/h4-5,7,9-10H,6,8,11H2,1-3H3,(H,20,21)(H2,17,18,19);1H. The minimum absolute atomic E-state index is 0. The second kappa shape index (κ2) is 10.1. The van der Waals surface area contributed by atoms with Crippen LogP contribution in [0.3, 0.4) is 0 Å². The maximum Gasteiger partial charge on any atom is 0.191 e. The van der Waals surface area contributed by atoms with Crippen molar-refractivity contribution in [3.05, 3.63) is 47.3 Å². The number of nitrogens with zero attached hydrogens (tertiary/aromatic N) is 2. The van der Waals surface area contributed by atoms with Crippen LogP contribution in [0, 0.1) is 6.92 Å². The van der Waals surface area contributed by atoms with Gasteiger partial charge in [-0.1, -0.05) is 17.7 Å². The molecule has 0 aliphatic rings. The maximum atomic E-state index is 5.40. The van der Waals surface area contributed by atoms with Crippen molar-refractivity contribution in [2.45, 2.75) is 19.9 Å². The molecule has 2 aromatic rings. The smallest absolute Gasteiger partial charge is 0.191 e. The molecule has 126 valence electrons. The van der Waals surface area contributed by atoms with Crippen molar-refractivity contribution in [2.75, 3.05) is 20.7 Å². The SMILES string of the molecule is CN=C(NCCc1cc(C)ccc1OC)NCc1ccn[nH]1.I. The average molecular weight is 429 g/mol. The fraction of sp³-hybridized carbons (Fsp3) is 0.375. The number of halogens is 1. The number of hydrogen-bond donors (Lipinski definition) is 3. The first kappa shape index (κ1) is 19.3. The molecule has 0 saturated carbocycles. The highest BCUT2D eigenvalue weighted by atomic mass is 127. The number of guanidine groups is 1. The van der Waals surface area contributed by atoms with E-state index in [1.54, 1.807) is 20.4 Å². The summed E-state index contributed by atoms with van der Waals surface area (Å²) < 4.78 is 5.40. The summed E-state index contributed by atoms with van der Waals surface area (Å²) in [5, 5.41) is 13.4. The number of ether oxygens (including phenoxy) is 1. The first-order valence-corrected chi connectivity index (χ1v) is 7.29. The maximum absolute atomic E-state index is 5.40. The zero-order valence-corrected chi connectivity index (χ0v) is 16.0. The molecule has 1 aromatic heterocycles. The molecule has 0 atom stereocenters. The number of benzene rings is 1. The largest absolute Gasteiger partial charge is 0.496 e. The number of H-pyrrole nitrogens is 1. The fourth-order valence-electron chi connectivity index (χ4n) is 2.20. The Morgan fingerprint density at radius 1 is 1.30 bits per heavy atom. The summed E-state index contributed by atoms with van der Waals surface area (Å²) in [7, 11) is 3.46. The van der Waals surface area contributed by atoms with E-state index in [0.29, 0.717) is 6.54 Å². The molecule has 0 fully saturated rings. The van der Waals surface area contributed by atoms with E-state index in [1.807, 2.05) is 12.1 Å². The lowest BCUT2D eigenvalue weighted by atomic mass is 10.1. The van der Waals surface area contributed by atoms with Crippen molar-refractivity contribution in [3.63, 3.8) is 0 Å². The van der Waals surface area contributed by atoms with E-state index in [0.717, 1.165) is 30.4 Å². The van der Waals surface area contributed by atoms with Crippen molar-refractivity contribution in [1.82, 2.24) is 20.8 Å². The summed E-state index contributed by atoms with van der Waals surface area (Å²) in [6, 6.07) is 8.15. The molecule has 0 amide bonds. The van der Waals surface area contributed by atoms with Crippen LogP contribution in [0.15, 0.2) is 35.5 Å². The van der Waals surface area contributed by atoms with Gasteiger partial charge in [-0.3, -0.25) is 10.1 Å². The van der Waals surface area contributed by atoms with Crippen LogP contribution in [0.25, 0.3) is 0 Å². The van der Waals surface area contributed by atoms with Gasteiger partial charge in [0.15, 0.2) is 5.96 Å². The Hall–Kier alpha value is -1.77. The van der Waals surface area contributed by atoms with Crippen LogP contribution >= 0.6 is 24.0 Å². The monoisotopic (exact) mass is 429 g/mol. The van der Waals surface area contributed by atoms with Gasteiger partial charge in [-0.25, -0.2) is 0 Å². The van der Waals surface area contributed by atoms with Crippen LogP contribution in [-0.4, -0.2) is 36.9 Å². The lowest BCUT2D eigenvalue weighted by molar-refractivity contribution is 0.409. The molecule has 3 N–H and O–H groups in total. The van der Waals surface area contributed by atoms with E-state index < -0.39 is 0 Å². The van der Waals surface area contributed by atoms with E-state index in [9.17, 15) is 0 Å². The number of aliphatic imine (C=N–C) groups is 1. The first-order chi connectivity index (χ1) is 10.7. The molecule has 0 radical (unpaired) electrons. The van der Waals surface area contributed by atoms with Crippen LogP contribution in [-0.2, 0) is 13.0 Å². The Balaban J connectivity index is 0.00000264. The third kappa shape index (κ3) is 6.09. The van der Waals surface area contributed by atoms with Gasteiger partial charge in [-0.2, -0.15) is 5.10 Å². The Morgan fingerprint density at radius 2 is 2.13 bits per heavy atom. The lowest BCUT2D eigenvalue weighted by Gasteiger charge is -2.13. The van der Waals surface area contributed by atoms with Gasteiger partial charge >= 0.3 is 0 Å². The Kier molecular flexibility index (Phi) is 8.46. The highest BCUT2D eigenvalue weighted by Gasteiger charge is 2.04. The van der Waals surface area contributed by atoms with Crippen LogP contribution in [0.5, 0.6) is 5.75 Å². The number of methoxy groups -OCH3 is 1. The molecule has 7 heteroatoms. The Labute approximate surface area is 154 Å². The highest BCUT2D eigenvalue weighted by molar-refractivity contribution is 14.0. The fourth-order valence-corrected chi connectivity index (χ4v) is 2.20. The van der Waals surface area contributed by atoms with Gasteiger partial charge < -0.3 is 15.4 Å². The molecule has 1 aromatic carbocycles. The summed E-state index contributed by atoms with van der Waals surface area (Å²) in [6.07, 6.45) is 2.60. The third-order valence-corrected chi connectivity index (χ3v) is 3.35. The van der Waals surface area contributed by atoms with Gasteiger partial charge in [0.05, 0.1) is 19.3 Å². The minimum Gasteiger partial charge on any atom is -0.496 e. The summed E-state index contributed by atoms with van der Waals surface area (Å²) >= 11 is 0. The van der Waals surface area contributed by atoms with Crippen molar-refractivity contribution in [1.29, 1.82) is 0 Å². The average Bonchev–Trinajstić information content (AvgIpc) is 3.04. The number of nitrogens with one attached hydrogen (secondary N) is 3. The molecular formula is C16H24IN5O. The molecule has 6 nitrogen and oxygen atoms in total. The molecule has 0 aliphatic heterocycles. The number of hydrogen-bond acceptors (Lipinski definition) is 3. The third-order valence-electron chi connectivity index (χ3n) is 3.35. The van der Waals surface area contributed by atoms with Gasteiger partial charge in [-0.15, -0.1) is 24.0 Å². The van der Waals surface area contributed by atoms with Gasteiger partial charge in [0, 0.05) is 19.8 Å². The lowest BCUT2D eigenvalue weighted by Crippen LogP contribution is -2.38. The molecule has 2 rings (SSSR count). The Morgan fingerprint density at radius 3 is 2.78 bits per heavy atom. The van der Waals surface area contributed by atoms with E-state index in [4.69, 9.17) is 4.74 Å². The number of aryl methyl sites for hydroxylation is 1. The second-order valence-corrected chi connectivity index (χ2v) is 5.00. The number of aromatic nitrogens is 2. The topological polar surface area (TPSA) is 74.3 Å². The number of rotatable bonds is 6. The van der Waals surface area contributed by atoms with Crippen molar-refractivity contribution in [2.24, 2.45) is 4.99 Å². The molecule has 0 bridgehead atoms. The molecule has 23 heavy (non-hydrogen) atoms. The van der Waals surface area contributed by atoms with Crippen LogP contribution in [0.4, 0.5) is 0 Å². The normalized spacial score (nSPS) is 10.8. The predicted molar refractivity (Wildman–Crippen MR) is 104 cm³/mol. The van der Waals surface area contributed by atoms with Gasteiger partial charge in [0.25, 0.3) is 0 Å². The quantitative estimate of drug-likeness (QED) is 0.374. The zero-order valence-electron chi connectivity index (χ0n) is 13.7. The van der Waals surface area contributed by atoms with E-state index in [-0.39, 0.29) is 24.0 Å². The summed E-state index contributed by atoms with van der Waals surface area (Å²) in [4.78, 5) is 4.21.